The highest BCUT2D eigenvalue weighted by atomic mass is 16.5. The summed E-state index contributed by atoms with van der Waals surface area (Å²) in [5, 5.41) is 17.4. The van der Waals surface area contributed by atoms with Crippen molar-refractivity contribution in [3.05, 3.63) is 0 Å². The van der Waals surface area contributed by atoms with E-state index in [2.05, 4.69) is 0 Å². The number of hydrogen-bond donors (Lipinski definition) is 2. The summed E-state index contributed by atoms with van der Waals surface area (Å²) < 4.78 is 4.86. The van der Waals surface area contributed by atoms with E-state index in [9.17, 15) is 0 Å². The summed E-state index contributed by atoms with van der Waals surface area (Å²) in [5.74, 6) is 0.312. The highest BCUT2D eigenvalue weighted by Gasteiger charge is 2.07. The normalized spacial score (nSPS) is 16.8. The molecule has 0 saturated carbocycles. The molecule has 0 rings (SSSR count). The number of aliphatic hydroxyl groups excluding tert-OH is 2. The first kappa shape index (κ1) is 9.88. The molecular weight excluding hydrogens is 132 g/mol. The van der Waals surface area contributed by atoms with Crippen LogP contribution in [0.3, 0.4) is 0 Å². The minimum absolute atomic E-state index is 0.159. The van der Waals surface area contributed by atoms with Crippen LogP contribution in [0.2, 0.25) is 0 Å². The van der Waals surface area contributed by atoms with Gasteiger partial charge in [-0.3, -0.25) is 0 Å². The topological polar surface area (TPSA) is 49.7 Å². The number of rotatable bonds is 5. The van der Waals surface area contributed by atoms with Crippen molar-refractivity contribution < 1.29 is 14.9 Å². The van der Waals surface area contributed by atoms with Gasteiger partial charge in [-0.2, -0.15) is 0 Å². The van der Waals surface area contributed by atoms with Crippen molar-refractivity contribution >= 4 is 0 Å². The Labute approximate surface area is 61.6 Å². The maximum absolute atomic E-state index is 8.95. The van der Waals surface area contributed by atoms with Gasteiger partial charge in [0.2, 0.25) is 0 Å². The smallest absolute Gasteiger partial charge is 0.0774 e. The van der Waals surface area contributed by atoms with Gasteiger partial charge >= 0.3 is 0 Å². The molecule has 2 atom stereocenters. The van der Waals surface area contributed by atoms with Crippen LogP contribution >= 0.6 is 0 Å². The maximum atomic E-state index is 8.95. The zero-order valence-corrected chi connectivity index (χ0v) is 6.58. The van der Waals surface area contributed by atoms with Gasteiger partial charge < -0.3 is 14.9 Å². The van der Waals surface area contributed by atoms with Crippen LogP contribution in [0.4, 0.5) is 0 Å². The predicted octanol–water partition coefficient (Wildman–Crippen LogP) is 0.0122. The van der Waals surface area contributed by atoms with Gasteiger partial charge in [-0.15, -0.1) is 0 Å². The fourth-order valence-electron chi connectivity index (χ4n) is 0.892. The average Bonchev–Trinajstić information content (AvgIpc) is 1.88. The largest absolute Gasteiger partial charge is 0.394 e. The minimum Gasteiger partial charge on any atom is -0.394 e. The van der Waals surface area contributed by atoms with E-state index in [0.717, 1.165) is 0 Å². The van der Waals surface area contributed by atoms with Gasteiger partial charge in [0, 0.05) is 13.7 Å². The summed E-state index contributed by atoms with van der Waals surface area (Å²) in [4.78, 5) is 0. The van der Waals surface area contributed by atoms with Crippen LogP contribution < -0.4 is 0 Å². The van der Waals surface area contributed by atoms with E-state index in [0.29, 0.717) is 18.9 Å². The molecule has 0 bridgehead atoms. The SMILES string of the molecule is COCC(C)CC(O)CO. The Balaban J connectivity index is 3.27. The number of aliphatic hydroxyl groups is 2. The molecule has 10 heavy (non-hydrogen) atoms. The van der Waals surface area contributed by atoms with Crippen molar-refractivity contribution in [1.29, 1.82) is 0 Å². The molecule has 3 nitrogen and oxygen atoms in total. The molecule has 0 radical (unpaired) electrons. The molecule has 2 N–H and O–H groups in total. The number of hydrogen-bond acceptors (Lipinski definition) is 3. The van der Waals surface area contributed by atoms with Gasteiger partial charge in [0.15, 0.2) is 0 Å². The Morgan fingerprint density at radius 3 is 2.50 bits per heavy atom. The Bertz CT molecular complexity index is 75.3. The van der Waals surface area contributed by atoms with Gasteiger partial charge in [0.25, 0.3) is 0 Å². The third-order valence-electron chi connectivity index (χ3n) is 1.34. The van der Waals surface area contributed by atoms with Gasteiger partial charge in [-0.1, -0.05) is 6.92 Å². The van der Waals surface area contributed by atoms with Crippen molar-refractivity contribution in [2.45, 2.75) is 19.4 Å². The molecule has 0 amide bonds. The molecule has 0 aromatic rings. The Morgan fingerprint density at radius 1 is 1.50 bits per heavy atom. The first-order valence-corrected chi connectivity index (χ1v) is 3.48. The first-order chi connectivity index (χ1) is 4.70. The zero-order valence-electron chi connectivity index (χ0n) is 6.58. The second-order valence-electron chi connectivity index (χ2n) is 2.63. The molecule has 0 saturated heterocycles. The highest BCUT2D eigenvalue weighted by molar-refractivity contribution is 4.58. The number of ether oxygens (including phenoxy) is 1. The molecule has 3 heteroatoms. The van der Waals surface area contributed by atoms with Crippen molar-refractivity contribution in [2.24, 2.45) is 5.92 Å². The molecule has 62 valence electrons. The van der Waals surface area contributed by atoms with Crippen LogP contribution in [0.15, 0.2) is 0 Å². The minimum atomic E-state index is -0.592. The molecule has 0 spiro atoms. The third-order valence-corrected chi connectivity index (χ3v) is 1.34. The fraction of sp³-hybridized carbons (Fsp3) is 1.00. The monoisotopic (exact) mass is 148 g/mol. The maximum Gasteiger partial charge on any atom is 0.0774 e. The Kier molecular flexibility index (Phi) is 5.58. The fourth-order valence-corrected chi connectivity index (χ4v) is 0.892. The van der Waals surface area contributed by atoms with E-state index in [1.165, 1.54) is 0 Å². The summed E-state index contributed by atoms with van der Waals surface area (Å²) in [6.45, 7) is 2.45. The Morgan fingerprint density at radius 2 is 2.10 bits per heavy atom. The molecule has 0 aliphatic carbocycles. The summed E-state index contributed by atoms with van der Waals surface area (Å²) in [5.41, 5.74) is 0. The van der Waals surface area contributed by atoms with Crippen molar-refractivity contribution in [3.8, 4) is 0 Å². The summed E-state index contributed by atoms with van der Waals surface area (Å²) in [6.07, 6.45) is 0.00907. The second kappa shape index (κ2) is 5.65. The Hall–Kier alpha value is -0.120. The van der Waals surface area contributed by atoms with Crippen LogP contribution in [0.5, 0.6) is 0 Å². The first-order valence-electron chi connectivity index (χ1n) is 3.48. The van der Waals surface area contributed by atoms with Crippen LogP contribution in [-0.2, 0) is 4.74 Å². The lowest BCUT2D eigenvalue weighted by atomic mass is 10.1. The quantitative estimate of drug-likeness (QED) is 0.577. The highest BCUT2D eigenvalue weighted by Crippen LogP contribution is 2.05. The lowest BCUT2D eigenvalue weighted by Gasteiger charge is -2.12. The number of methoxy groups -OCH3 is 1. The van der Waals surface area contributed by atoms with Gasteiger partial charge in [0.05, 0.1) is 12.7 Å². The van der Waals surface area contributed by atoms with Crippen molar-refractivity contribution in [2.75, 3.05) is 20.3 Å². The summed E-state index contributed by atoms with van der Waals surface area (Å²) in [6, 6.07) is 0. The van der Waals surface area contributed by atoms with Gasteiger partial charge in [-0.05, 0) is 12.3 Å². The predicted molar refractivity (Wildman–Crippen MR) is 38.7 cm³/mol. The van der Waals surface area contributed by atoms with E-state index in [1.54, 1.807) is 7.11 Å². The summed E-state index contributed by atoms with van der Waals surface area (Å²) >= 11 is 0. The molecule has 0 aromatic carbocycles. The van der Waals surface area contributed by atoms with Gasteiger partial charge in [0.1, 0.15) is 0 Å². The lowest BCUT2D eigenvalue weighted by molar-refractivity contribution is 0.0587. The van der Waals surface area contributed by atoms with Gasteiger partial charge in [-0.25, -0.2) is 0 Å². The molecule has 0 aliphatic heterocycles. The molecule has 2 unspecified atom stereocenters. The molecule has 0 aromatic heterocycles. The molecule has 0 fully saturated rings. The van der Waals surface area contributed by atoms with Crippen LogP contribution in [0.1, 0.15) is 13.3 Å². The standard InChI is InChI=1S/C7H16O3/c1-6(5-10-2)3-7(9)4-8/h6-9H,3-5H2,1-2H3. The van der Waals surface area contributed by atoms with Crippen LogP contribution in [0, 0.1) is 5.92 Å². The summed E-state index contributed by atoms with van der Waals surface area (Å²) in [7, 11) is 1.63. The molecule has 0 heterocycles. The lowest BCUT2D eigenvalue weighted by Crippen LogP contribution is -2.18. The molecule has 0 aliphatic rings. The van der Waals surface area contributed by atoms with E-state index < -0.39 is 6.10 Å². The van der Waals surface area contributed by atoms with Crippen LogP contribution in [-0.4, -0.2) is 36.6 Å². The van der Waals surface area contributed by atoms with Crippen LogP contribution in [0.25, 0.3) is 0 Å². The van der Waals surface area contributed by atoms with E-state index >= 15 is 0 Å². The van der Waals surface area contributed by atoms with Crippen molar-refractivity contribution in [1.82, 2.24) is 0 Å². The second-order valence-corrected chi connectivity index (χ2v) is 2.63. The average molecular weight is 148 g/mol. The van der Waals surface area contributed by atoms with Crippen molar-refractivity contribution in [3.63, 3.8) is 0 Å². The van der Waals surface area contributed by atoms with E-state index in [4.69, 9.17) is 14.9 Å². The third kappa shape index (κ3) is 4.73. The van der Waals surface area contributed by atoms with E-state index in [1.807, 2.05) is 6.92 Å². The van der Waals surface area contributed by atoms with E-state index in [-0.39, 0.29) is 6.61 Å². The zero-order chi connectivity index (χ0) is 7.98. The molecular formula is C7H16O3.